The molecule has 2 atom stereocenters. The van der Waals surface area contributed by atoms with Gasteiger partial charge in [-0.15, -0.1) is 0 Å². The van der Waals surface area contributed by atoms with Gasteiger partial charge in [0.15, 0.2) is 0 Å². The number of aliphatic hydroxyl groups is 2. The molecule has 1 aliphatic rings. The van der Waals surface area contributed by atoms with E-state index < -0.39 is 18.5 Å². The van der Waals surface area contributed by atoms with E-state index in [9.17, 15) is 14.3 Å². The molecule has 0 aliphatic carbocycles. The van der Waals surface area contributed by atoms with Crippen molar-refractivity contribution in [1.29, 1.82) is 0 Å². The Balaban J connectivity index is 1.90. The summed E-state index contributed by atoms with van der Waals surface area (Å²) >= 11 is 0. The van der Waals surface area contributed by atoms with Crippen LogP contribution in [0.15, 0.2) is 42.5 Å². The van der Waals surface area contributed by atoms with Crippen molar-refractivity contribution in [3.8, 4) is 5.75 Å². The standard InChI is InChI=1S/C19H20FNO4/c1-25-16-4-2-3-12(7-16)18-9-15(23)10-21(18)19(24)13-5-6-14(11-22)17(20)8-13/h2-8,15,18,22-23H,9-11H2,1H3/t15-,18-/m0/s1. The number of hydrogen-bond acceptors (Lipinski definition) is 4. The fourth-order valence-electron chi connectivity index (χ4n) is 3.18. The van der Waals surface area contributed by atoms with E-state index in [1.165, 1.54) is 12.1 Å². The van der Waals surface area contributed by atoms with Crippen LogP contribution in [0.25, 0.3) is 0 Å². The van der Waals surface area contributed by atoms with Gasteiger partial charge in [-0.05, 0) is 36.2 Å². The van der Waals surface area contributed by atoms with E-state index in [2.05, 4.69) is 0 Å². The van der Waals surface area contributed by atoms with Crippen LogP contribution in [0.3, 0.4) is 0 Å². The highest BCUT2D eigenvalue weighted by atomic mass is 19.1. The largest absolute Gasteiger partial charge is 0.497 e. The Bertz CT molecular complexity index is 780. The summed E-state index contributed by atoms with van der Waals surface area (Å²) in [6.45, 7) is -0.237. The second-order valence-corrected chi connectivity index (χ2v) is 6.10. The smallest absolute Gasteiger partial charge is 0.254 e. The van der Waals surface area contributed by atoms with Gasteiger partial charge in [0.25, 0.3) is 5.91 Å². The molecule has 0 aromatic heterocycles. The van der Waals surface area contributed by atoms with Gasteiger partial charge in [0.1, 0.15) is 11.6 Å². The van der Waals surface area contributed by atoms with Gasteiger partial charge in [-0.25, -0.2) is 4.39 Å². The fraction of sp³-hybridized carbons (Fsp3) is 0.316. The van der Waals surface area contributed by atoms with E-state index in [1.54, 1.807) is 12.0 Å². The highest BCUT2D eigenvalue weighted by molar-refractivity contribution is 5.94. The van der Waals surface area contributed by atoms with Crippen molar-refractivity contribution in [2.24, 2.45) is 0 Å². The maximum Gasteiger partial charge on any atom is 0.254 e. The van der Waals surface area contributed by atoms with Crippen molar-refractivity contribution >= 4 is 5.91 Å². The second kappa shape index (κ2) is 7.21. The highest BCUT2D eigenvalue weighted by Crippen LogP contribution is 2.34. The van der Waals surface area contributed by atoms with Gasteiger partial charge in [-0.1, -0.05) is 18.2 Å². The molecule has 1 aliphatic heterocycles. The van der Waals surface area contributed by atoms with E-state index in [0.29, 0.717) is 12.2 Å². The number of halogens is 1. The third-order valence-electron chi connectivity index (χ3n) is 4.49. The van der Waals surface area contributed by atoms with E-state index >= 15 is 0 Å². The molecule has 2 aromatic carbocycles. The molecule has 2 N–H and O–H groups in total. The summed E-state index contributed by atoms with van der Waals surface area (Å²) in [5.74, 6) is -0.302. The number of nitrogens with zero attached hydrogens (tertiary/aromatic N) is 1. The van der Waals surface area contributed by atoms with Crippen LogP contribution in [0.4, 0.5) is 4.39 Å². The Morgan fingerprint density at radius 2 is 2.12 bits per heavy atom. The summed E-state index contributed by atoms with van der Waals surface area (Å²) in [5.41, 5.74) is 1.19. The lowest BCUT2D eigenvalue weighted by molar-refractivity contribution is 0.0715. The average Bonchev–Trinajstić information content (AvgIpc) is 3.02. The number of methoxy groups -OCH3 is 1. The van der Waals surface area contributed by atoms with Gasteiger partial charge >= 0.3 is 0 Å². The summed E-state index contributed by atoms with van der Waals surface area (Å²) in [4.78, 5) is 14.4. The summed E-state index contributed by atoms with van der Waals surface area (Å²) in [7, 11) is 1.57. The van der Waals surface area contributed by atoms with Crippen LogP contribution in [0.5, 0.6) is 5.75 Å². The minimum Gasteiger partial charge on any atom is -0.497 e. The molecule has 5 nitrogen and oxygen atoms in total. The van der Waals surface area contributed by atoms with Gasteiger partial charge in [-0.2, -0.15) is 0 Å². The first kappa shape index (κ1) is 17.4. The van der Waals surface area contributed by atoms with Crippen LogP contribution in [0.2, 0.25) is 0 Å². The number of rotatable bonds is 4. The Labute approximate surface area is 145 Å². The molecule has 6 heteroatoms. The number of amides is 1. The Kier molecular flexibility index (Phi) is 5.01. The third kappa shape index (κ3) is 3.50. The van der Waals surface area contributed by atoms with E-state index in [-0.39, 0.29) is 29.6 Å². The maximum atomic E-state index is 13.9. The summed E-state index contributed by atoms with van der Waals surface area (Å²) < 4.78 is 19.1. The minimum atomic E-state index is -0.637. The van der Waals surface area contributed by atoms with Crippen LogP contribution in [-0.2, 0) is 6.61 Å². The Hall–Kier alpha value is -2.44. The molecule has 1 heterocycles. The molecule has 3 rings (SSSR count). The number of hydrogen-bond donors (Lipinski definition) is 2. The summed E-state index contributed by atoms with van der Waals surface area (Å²) in [6, 6.07) is 11.1. The summed E-state index contributed by atoms with van der Waals surface area (Å²) in [5, 5.41) is 19.1. The first-order valence-corrected chi connectivity index (χ1v) is 8.05. The zero-order valence-electron chi connectivity index (χ0n) is 13.9. The number of carbonyl (C=O) groups is 1. The Morgan fingerprint density at radius 1 is 1.32 bits per heavy atom. The molecule has 0 unspecified atom stereocenters. The lowest BCUT2D eigenvalue weighted by atomic mass is 10.0. The first-order chi connectivity index (χ1) is 12.0. The molecule has 0 radical (unpaired) electrons. The van der Waals surface area contributed by atoms with Gasteiger partial charge in [0.05, 0.1) is 25.9 Å². The molecule has 0 bridgehead atoms. The normalized spacial score (nSPS) is 19.9. The molecule has 1 saturated heterocycles. The average molecular weight is 345 g/mol. The van der Waals surface area contributed by atoms with Crippen molar-refractivity contribution in [3.05, 3.63) is 65.0 Å². The second-order valence-electron chi connectivity index (χ2n) is 6.10. The molecule has 132 valence electrons. The van der Waals surface area contributed by atoms with E-state index in [0.717, 1.165) is 11.6 Å². The van der Waals surface area contributed by atoms with Crippen LogP contribution >= 0.6 is 0 Å². The fourth-order valence-corrected chi connectivity index (χ4v) is 3.18. The lowest BCUT2D eigenvalue weighted by Crippen LogP contribution is -2.31. The SMILES string of the molecule is COc1cccc([C@@H]2C[C@H](O)CN2C(=O)c2ccc(CO)c(F)c2)c1. The van der Waals surface area contributed by atoms with Crippen molar-refractivity contribution in [1.82, 2.24) is 4.90 Å². The molecular formula is C19H20FNO4. The number of likely N-dealkylation sites (tertiary alicyclic amines) is 1. The predicted octanol–water partition coefficient (Wildman–Crippen LogP) is 2.27. The predicted molar refractivity (Wildman–Crippen MR) is 89.7 cm³/mol. The van der Waals surface area contributed by atoms with Gasteiger partial charge in [-0.3, -0.25) is 4.79 Å². The van der Waals surface area contributed by atoms with Crippen LogP contribution < -0.4 is 4.74 Å². The summed E-state index contributed by atoms with van der Waals surface area (Å²) in [6.07, 6.45) is -0.224. The van der Waals surface area contributed by atoms with Crippen LogP contribution in [-0.4, -0.2) is 40.8 Å². The van der Waals surface area contributed by atoms with Gasteiger partial charge in [0, 0.05) is 17.7 Å². The molecule has 1 amide bonds. The van der Waals surface area contributed by atoms with Crippen LogP contribution in [0, 0.1) is 5.82 Å². The molecular weight excluding hydrogens is 325 g/mol. The molecule has 25 heavy (non-hydrogen) atoms. The number of β-amino-alcohol motifs (C(OH)–C–C–N with tert-alkyl or cyclic N) is 1. The first-order valence-electron chi connectivity index (χ1n) is 8.05. The minimum absolute atomic E-state index is 0.141. The quantitative estimate of drug-likeness (QED) is 0.892. The maximum absolute atomic E-state index is 13.9. The number of carbonyl (C=O) groups excluding carboxylic acids is 1. The zero-order valence-corrected chi connectivity index (χ0v) is 13.9. The van der Waals surface area contributed by atoms with Crippen molar-refractivity contribution in [3.63, 3.8) is 0 Å². The van der Waals surface area contributed by atoms with Crippen LogP contribution in [0.1, 0.15) is 33.9 Å². The van der Waals surface area contributed by atoms with E-state index in [1.807, 2.05) is 24.3 Å². The molecule has 0 saturated carbocycles. The topological polar surface area (TPSA) is 70.0 Å². The van der Waals surface area contributed by atoms with Gasteiger partial charge in [0.2, 0.25) is 0 Å². The van der Waals surface area contributed by atoms with Crippen molar-refractivity contribution in [2.45, 2.75) is 25.2 Å². The Morgan fingerprint density at radius 3 is 2.80 bits per heavy atom. The highest BCUT2D eigenvalue weighted by Gasteiger charge is 2.36. The van der Waals surface area contributed by atoms with E-state index in [4.69, 9.17) is 9.84 Å². The number of benzene rings is 2. The zero-order chi connectivity index (χ0) is 18.0. The monoisotopic (exact) mass is 345 g/mol. The van der Waals surface area contributed by atoms with Crippen molar-refractivity contribution in [2.75, 3.05) is 13.7 Å². The van der Waals surface area contributed by atoms with Gasteiger partial charge < -0.3 is 19.8 Å². The molecule has 1 fully saturated rings. The lowest BCUT2D eigenvalue weighted by Gasteiger charge is -2.25. The van der Waals surface area contributed by atoms with Crippen molar-refractivity contribution < 1.29 is 24.1 Å². The third-order valence-corrected chi connectivity index (χ3v) is 4.49. The molecule has 0 spiro atoms. The number of aliphatic hydroxyl groups excluding tert-OH is 2. The number of ether oxygens (including phenoxy) is 1. The molecule has 2 aromatic rings.